The van der Waals surface area contributed by atoms with Gasteiger partial charge in [-0.25, -0.2) is 0 Å². The summed E-state index contributed by atoms with van der Waals surface area (Å²) in [6.45, 7) is 8.90. The molecule has 0 aromatic rings. The molecule has 0 radical (unpaired) electrons. The van der Waals surface area contributed by atoms with E-state index in [1.54, 1.807) is 0 Å². The van der Waals surface area contributed by atoms with E-state index in [0.717, 1.165) is 43.1 Å². The van der Waals surface area contributed by atoms with Crippen molar-refractivity contribution in [3.05, 3.63) is 11.6 Å². The van der Waals surface area contributed by atoms with Crippen molar-refractivity contribution in [1.82, 2.24) is 4.90 Å². The molecule has 4 aliphatic carbocycles. The van der Waals surface area contributed by atoms with Gasteiger partial charge in [-0.1, -0.05) is 25.1 Å². The summed E-state index contributed by atoms with van der Waals surface area (Å²) in [5.41, 5.74) is 2.17. The largest absolute Gasteiger partial charge is 0.394 e. The molecule has 8 atom stereocenters. The second-order valence-corrected chi connectivity index (χ2v) is 12.1. The Labute approximate surface area is 190 Å². The van der Waals surface area contributed by atoms with Crippen LogP contribution in [0.5, 0.6) is 0 Å². The van der Waals surface area contributed by atoms with Crippen LogP contribution in [0, 0.1) is 40.4 Å². The number of aliphatic hydroxyl groups is 1. The Morgan fingerprint density at radius 3 is 2.55 bits per heavy atom. The number of hydrogen-bond donors (Lipinski definition) is 1. The van der Waals surface area contributed by atoms with E-state index in [0.29, 0.717) is 23.4 Å². The lowest BCUT2D eigenvalue weighted by Crippen LogP contribution is -2.53. The highest BCUT2D eigenvalue weighted by Gasteiger charge is 2.59. The molecule has 31 heavy (non-hydrogen) atoms. The number of likely N-dealkylation sites (N-methyl/N-ethyl adjacent to an activating group) is 1. The zero-order chi connectivity index (χ0) is 22.2. The third kappa shape index (κ3) is 4.49. The van der Waals surface area contributed by atoms with Crippen molar-refractivity contribution >= 4 is 6.21 Å². The zero-order valence-electron chi connectivity index (χ0n) is 20.6. The van der Waals surface area contributed by atoms with Gasteiger partial charge in [0.15, 0.2) is 0 Å². The Hall–Kier alpha value is -0.870. The molecule has 4 saturated carbocycles. The fourth-order valence-corrected chi connectivity index (χ4v) is 8.31. The Morgan fingerprint density at radius 2 is 1.77 bits per heavy atom. The first kappa shape index (κ1) is 23.3. The molecule has 4 rings (SSSR count). The molecule has 0 heterocycles. The number of hydrogen-bond acceptors (Lipinski definition) is 4. The molecule has 4 aliphatic rings. The van der Waals surface area contributed by atoms with Gasteiger partial charge in [0.1, 0.15) is 6.61 Å². The molecule has 4 heteroatoms. The lowest BCUT2D eigenvalue weighted by atomic mass is 9.44. The molecule has 4 nitrogen and oxygen atoms in total. The molecule has 0 aromatic heterocycles. The van der Waals surface area contributed by atoms with Crippen molar-refractivity contribution < 1.29 is 9.94 Å². The quantitative estimate of drug-likeness (QED) is 0.343. The van der Waals surface area contributed by atoms with E-state index in [4.69, 9.17) is 4.84 Å². The van der Waals surface area contributed by atoms with Crippen molar-refractivity contribution in [2.24, 2.45) is 45.6 Å². The van der Waals surface area contributed by atoms with E-state index in [9.17, 15) is 5.11 Å². The molecule has 176 valence electrons. The van der Waals surface area contributed by atoms with Crippen molar-refractivity contribution in [1.29, 1.82) is 0 Å². The van der Waals surface area contributed by atoms with Crippen LogP contribution in [0.4, 0.5) is 0 Å². The van der Waals surface area contributed by atoms with Crippen LogP contribution in [-0.4, -0.2) is 49.6 Å². The average molecular weight is 431 g/mol. The van der Waals surface area contributed by atoms with Crippen molar-refractivity contribution in [2.45, 2.75) is 84.7 Å². The second-order valence-electron chi connectivity index (χ2n) is 12.1. The van der Waals surface area contributed by atoms with Crippen LogP contribution in [0.25, 0.3) is 0 Å². The molecule has 0 aromatic carbocycles. The van der Waals surface area contributed by atoms with Crippen LogP contribution in [0.15, 0.2) is 16.8 Å². The van der Waals surface area contributed by atoms with E-state index >= 15 is 0 Å². The smallest absolute Gasteiger partial charge is 0.129 e. The Bertz CT molecular complexity index is 689. The molecule has 0 aliphatic heterocycles. The Kier molecular flexibility index (Phi) is 6.89. The Balaban J connectivity index is 1.42. The fraction of sp³-hybridized carbons (Fsp3) is 0.889. The highest BCUT2D eigenvalue weighted by molar-refractivity contribution is 5.77. The van der Waals surface area contributed by atoms with Crippen LogP contribution in [0.1, 0.15) is 78.6 Å². The van der Waals surface area contributed by atoms with Crippen LogP contribution < -0.4 is 0 Å². The summed E-state index contributed by atoms with van der Waals surface area (Å²) in [7, 11) is 4.10. The Morgan fingerprint density at radius 1 is 1.03 bits per heavy atom. The van der Waals surface area contributed by atoms with Gasteiger partial charge in [0.05, 0.1) is 12.3 Å². The summed E-state index contributed by atoms with van der Waals surface area (Å²) in [6, 6.07) is 0. The normalized spacial score (nSPS) is 45.5. The second kappa shape index (κ2) is 9.17. The third-order valence-corrected chi connectivity index (χ3v) is 10.1. The molecular formula is C27H46N2O2. The molecule has 0 unspecified atom stereocenters. The first-order chi connectivity index (χ1) is 14.7. The minimum atomic E-state index is -0.0408. The number of nitrogens with zero attached hydrogens (tertiary/aromatic N) is 2. The number of oxime groups is 1. The predicted molar refractivity (Wildman–Crippen MR) is 128 cm³/mol. The van der Waals surface area contributed by atoms with E-state index in [-0.39, 0.29) is 6.10 Å². The van der Waals surface area contributed by atoms with Gasteiger partial charge in [-0.05, 0) is 125 Å². The molecule has 0 bridgehead atoms. The van der Waals surface area contributed by atoms with Crippen LogP contribution in [-0.2, 0) is 4.84 Å². The topological polar surface area (TPSA) is 45.1 Å². The highest BCUT2D eigenvalue weighted by atomic mass is 16.6. The summed E-state index contributed by atoms with van der Waals surface area (Å²) in [4.78, 5) is 7.53. The maximum atomic E-state index is 10.3. The molecule has 0 amide bonds. The van der Waals surface area contributed by atoms with E-state index < -0.39 is 0 Å². The van der Waals surface area contributed by atoms with Gasteiger partial charge < -0.3 is 14.8 Å². The van der Waals surface area contributed by atoms with Crippen LogP contribution in [0.2, 0.25) is 0 Å². The first-order valence-electron chi connectivity index (χ1n) is 12.9. The van der Waals surface area contributed by atoms with E-state index in [2.05, 4.69) is 51.0 Å². The maximum Gasteiger partial charge on any atom is 0.129 e. The maximum absolute atomic E-state index is 10.3. The van der Waals surface area contributed by atoms with Crippen molar-refractivity contribution in [2.75, 3.05) is 27.2 Å². The average Bonchev–Trinajstić information content (AvgIpc) is 3.04. The molecule has 0 spiro atoms. The summed E-state index contributed by atoms with van der Waals surface area (Å²) < 4.78 is 0. The third-order valence-electron chi connectivity index (χ3n) is 10.1. The summed E-state index contributed by atoms with van der Waals surface area (Å²) >= 11 is 0. The predicted octanol–water partition coefficient (Wildman–Crippen LogP) is 5.52. The van der Waals surface area contributed by atoms with Gasteiger partial charge in [0.25, 0.3) is 0 Å². The van der Waals surface area contributed by atoms with Gasteiger partial charge >= 0.3 is 0 Å². The number of rotatable bonds is 6. The number of aliphatic hydroxyl groups excluding tert-OH is 1. The zero-order valence-corrected chi connectivity index (χ0v) is 20.6. The van der Waals surface area contributed by atoms with Gasteiger partial charge in [0.2, 0.25) is 0 Å². The fourth-order valence-electron chi connectivity index (χ4n) is 8.31. The molecular weight excluding hydrogens is 384 g/mol. The minimum absolute atomic E-state index is 0.0408. The summed E-state index contributed by atoms with van der Waals surface area (Å²) in [5.74, 6) is 4.08. The molecule has 0 saturated heterocycles. The lowest BCUT2D eigenvalue weighted by Gasteiger charge is -2.61. The van der Waals surface area contributed by atoms with E-state index in [1.807, 2.05) is 6.21 Å². The van der Waals surface area contributed by atoms with Crippen molar-refractivity contribution in [3.8, 4) is 0 Å². The van der Waals surface area contributed by atoms with Crippen LogP contribution >= 0.6 is 0 Å². The summed E-state index contributed by atoms with van der Waals surface area (Å²) in [6.07, 6.45) is 15.9. The lowest BCUT2D eigenvalue weighted by molar-refractivity contribution is -0.124. The highest BCUT2D eigenvalue weighted by Crippen LogP contribution is 2.67. The standard InChI is InChI=1S/C27H46N2O2/c1-19(18-28-31-15-14-29(4)5)16-20-7-9-24-23-8-6-21-17-22(30)10-12-26(21,2)25(23)11-13-27(20,24)3/h16,18,20-25,30H,6-15,17H2,1-5H3/b19-16+,28-18+/t20-,21-,22+,23+,24+,25+,26+,27-/m1/s1. The minimum Gasteiger partial charge on any atom is -0.394 e. The van der Waals surface area contributed by atoms with Crippen LogP contribution in [0.3, 0.4) is 0 Å². The van der Waals surface area contributed by atoms with Gasteiger partial charge in [-0.15, -0.1) is 0 Å². The molecule has 4 fully saturated rings. The monoisotopic (exact) mass is 430 g/mol. The van der Waals surface area contributed by atoms with Gasteiger partial charge in [-0.2, -0.15) is 0 Å². The van der Waals surface area contributed by atoms with Gasteiger partial charge in [0, 0.05) is 6.54 Å². The summed E-state index contributed by atoms with van der Waals surface area (Å²) in [5, 5.41) is 14.5. The molecule has 1 N–H and O–H groups in total. The number of allylic oxidation sites excluding steroid dienone is 2. The van der Waals surface area contributed by atoms with Gasteiger partial charge in [-0.3, -0.25) is 0 Å². The van der Waals surface area contributed by atoms with Crippen molar-refractivity contribution in [3.63, 3.8) is 0 Å². The van der Waals surface area contributed by atoms with E-state index in [1.165, 1.54) is 50.5 Å². The SMILES string of the molecule is CC(/C=N/OCCN(C)C)=C\[C@H]1CC[C@H]2[C@@H]3CC[C@@H]4C[C@@H](O)CC[C@]4(C)[C@H]3CC[C@]12C. The number of fused-ring (bicyclic) bond motifs is 5. The first-order valence-corrected chi connectivity index (χ1v) is 12.9.